The Labute approximate surface area is 147 Å². The molecule has 3 nitrogen and oxygen atoms in total. The van der Waals surface area contributed by atoms with Crippen molar-refractivity contribution in [3.8, 4) is 5.75 Å². The van der Waals surface area contributed by atoms with Crippen LogP contribution in [0.3, 0.4) is 0 Å². The third-order valence-electron chi connectivity index (χ3n) is 3.80. The standard InChI is InChI=1S/C20H20ClNO2/c1-15(20-6-3-11-23-20)22-13-16-7-9-19(10-8-16)24-14-17-4-2-5-18(21)12-17/h2-12,15,22H,13-14H2,1H3. The second-order valence-corrected chi connectivity index (χ2v) is 6.12. The fourth-order valence-electron chi connectivity index (χ4n) is 2.41. The molecular formula is C20H20ClNO2. The smallest absolute Gasteiger partial charge is 0.120 e. The van der Waals surface area contributed by atoms with Crippen LogP contribution in [0.25, 0.3) is 0 Å². The van der Waals surface area contributed by atoms with Crippen LogP contribution in [0.2, 0.25) is 5.02 Å². The molecule has 0 amide bonds. The number of benzene rings is 2. The Bertz CT molecular complexity index is 754. The summed E-state index contributed by atoms with van der Waals surface area (Å²) < 4.78 is 11.2. The van der Waals surface area contributed by atoms with E-state index in [4.69, 9.17) is 20.8 Å². The number of rotatable bonds is 7. The number of furan rings is 1. The molecule has 0 saturated heterocycles. The Hall–Kier alpha value is -2.23. The minimum Gasteiger partial charge on any atom is -0.489 e. The third-order valence-corrected chi connectivity index (χ3v) is 4.04. The molecule has 3 rings (SSSR count). The van der Waals surface area contributed by atoms with E-state index in [0.29, 0.717) is 6.61 Å². The summed E-state index contributed by atoms with van der Waals surface area (Å²) in [5, 5.41) is 4.16. The van der Waals surface area contributed by atoms with Gasteiger partial charge in [-0.05, 0) is 54.4 Å². The summed E-state index contributed by atoms with van der Waals surface area (Å²) in [7, 11) is 0. The van der Waals surface area contributed by atoms with E-state index in [1.54, 1.807) is 6.26 Å². The van der Waals surface area contributed by atoms with Crippen LogP contribution in [-0.4, -0.2) is 0 Å². The van der Waals surface area contributed by atoms with Gasteiger partial charge in [0, 0.05) is 11.6 Å². The molecule has 0 radical (unpaired) electrons. The van der Waals surface area contributed by atoms with E-state index in [1.165, 1.54) is 5.56 Å². The van der Waals surface area contributed by atoms with Gasteiger partial charge in [0.25, 0.3) is 0 Å². The predicted octanol–water partition coefficient (Wildman–Crippen LogP) is 5.36. The zero-order chi connectivity index (χ0) is 16.8. The van der Waals surface area contributed by atoms with E-state index < -0.39 is 0 Å². The fourth-order valence-corrected chi connectivity index (χ4v) is 2.62. The average molecular weight is 342 g/mol. The molecule has 0 aliphatic rings. The molecule has 0 aliphatic heterocycles. The topological polar surface area (TPSA) is 34.4 Å². The Morgan fingerprint density at radius 2 is 1.88 bits per heavy atom. The highest BCUT2D eigenvalue weighted by atomic mass is 35.5. The lowest BCUT2D eigenvalue weighted by Gasteiger charge is -2.12. The largest absolute Gasteiger partial charge is 0.489 e. The quantitative estimate of drug-likeness (QED) is 0.628. The maximum absolute atomic E-state index is 5.98. The molecule has 4 heteroatoms. The third kappa shape index (κ3) is 4.63. The van der Waals surface area contributed by atoms with Crippen LogP contribution < -0.4 is 10.1 Å². The van der Waals surface area contributed by atoms with Crippen LogP contribution in [-0.2, 0) is 13.2 Å². The minimum absolute atomic E-state index is 0.179. The maximum atomic E-state index is 5.98. The second-order valence-electron chi connectivity index (χ2n) is 5.68. The molecule has 1 N–H and O–H groups in total. The van der Waals surface area contributed by atoms with E-state index >= 15 is 0 Å². The molecule has 2 aromatic carbocycles. The summed E-state index contributed by atoms with van der Waals surface area (Å²) in [6, 6.07) is 19.9. The number of nitrogens with one attached hydrogen (secondary N) is 1. The van der Waals surface area contributed by atoms with Crippen molar-refractivity contribution in [3.63, 3.8) is 0 Å². The van der Waals surface area contributed by atoms with Gasteiger partial charge >= 0.3 is 0 Å². The van der Waals surface area contributed by atoms with Gasteiger partial charge in [-0.15, -0.1) is 0 Å². The molecule has 24 heavy (non-hydrogen) atoms. The maximum Gasteiger partial charge on any atom is 0.120 e. The van der Waals surface area contributed by atoms with Crippen LogP contribution in [0.4, 0.5) is 0 Å². The van der Waals surface area contributed by atoms with Crippen molar-refractivity contribution in [1.29, 1.82) is 0 Å². The van der Waals surface area contributed by atoms with Gasteiger partial charge in [-0.3, -0.25) is 0 Å². The lowest BCUT2D eigenvalue weighted by molar-refractivity contribution is 0.306. The molecule has 1 unspecified atom stereocenters. The van der Waals surface area contributed by atoms with E-state index in [0.717, 1.165) is 28.6 Å². The van der Waals surface area contributed by atoms with E-state index in [9.17, 15) is 0 Å². The Morgan fingerprint density at radius 3 is 2.58 bits per heavy atom. The van der Waals surface area contributed by atoms with Crippen LogP contribution in [0.1, 0.15) is 29.9 Å². The van der Waals surface area contributed by atoms with Gasteiger partial charge < -0.3 is 14.5 Å². The van der Waals surface area contributed by atoms with Crippen molar-refractivity contribution in [2.75, 3.05) is 0 Å². The summed E-state index contributed by atoms with van der Waals surface area (Å²) in [6.07, 6.45) is 1.69. The first kappa shape index (κ1) is 16.6. The molecule has 1 heterocycles. The van der Waals surface area contributed by atoms with Crippen molar-refractivity contribution >= 4 is 11.6 Å². The molecule has 1 atom stereocenters. The molecule has 0 aliphatic carbocycles. The normalized spacial score (nSPS) is 12.1. The van der Waals surface area contributed by atoms with Crippen LogP contribution in [0, 0.1) is 0 Å². The van der Waals surface area contributed by atoms with E-state index in [1.807, 2.05) is 48.5 Å². The van der Waals surface area contributed by atoms with Gasteiger partial charge in [-0.25, -0.2) is 0 Å². The second kappa shape index (κ2) is 8.04. The van der Waals surface area contributed by atoms with Gasteiger partial charge in [0.2, 0.25) is 0 Å². The van der Waals surface area contributed by atoms with Gasteiger partial charge in [-0.1, -0.05) is 35.9 Å². The van der Waals surface area contributed by atoms with Gasteiger partial charge in [-0.2, -0.15) is 0 Å². The first-order valence-corrected chi connectivity index (χ1v) is 8.31. The first-order chi connectivity index (χ1) is 11.7. The minimum atomic E-state index is 0.179. The van der Waals surface area contributed by atoms with Crippen molar-refractivity contribution in [2.24, 2.45) is 0 Å². The first-order valence-electron chi connectivity index (χ1n) is 7.94. The Kier molecular flexibility index (Phi) is 5.57. The van der Waals surface area contributed by atoms with Crippen LogP contribution >= 0.6 is 11.6 Å². The van der Waals surface area contributed by atoms with Gasteiger partial charge in [0.1, 0.15) is 18.1 Å². The molecule has 0 bridgehead atoms. The van der Waals surface area contributed by atoms with Gasteiger partial charge in [0.05, 0.1) is 12.3 Å². The molecule has 1 aromatic heterocycles. The summed E-state index contributed by atoms with van der Waals surface area (Å²) in [6.45, 7) is 3.37. The zero-order valence-electron chi connectivity index (χ0n) is 13.5. The highest BCUT2D eigenvalue weighted by molar-refractivity contribution is 6.30. The number of hydrogen-bond donors (Lipinski definition) is 1. The lowest BCUT2D eigenvalue weighted by Crippen LogP contribution is -2.17. The van der Waals surface area contributed by atoms with Crippen LogP contribution in [0.5, 0.6) is 5.75 Å². The summed E-state index contributed by atoms with van der Waals surface area (Å²) >= 11 is 5.98. The predicted molar refractivity (Wildman–Crippen MR) is 96.2 cm³/mol. The molecular weight excluding hydrogens is 322 g/mol. The van der Waals surface area contributed by atoms with Crippen LogP contribution in [0.15, 0.2) is 71.3 Å². The molecule has 0 saturated carbocycles. The lowest BCUT2D eigenvalue weighted by atomic mass is 10.2. The monoisotopic (exact) mass is 341 g/mol. The molecule has 124 valence electrons. The van der Waals surface area contributed by atoms with Crippen molar-refractivity contribution in [2.45, 2.75) is 26.1 Å². The Morgan fingerprint density at radius 1 is 1.04 bits per heavy atom. The van der Waals surface area contributed by atoms with Crippen molar-refractivity contribution in [3.05, 3.63) is 88.8 Å². The van der Waals surface area contributed by atoms with Crippen molar-refractivity contribution < 1.29 is 9.15 Å². The van der Waals surface area contributed by atoms with E-state index in [2.05, 4.69) is 24.4 Å². The molecule has 0 spiro atoms. The molecule has 3 aromatic rings. The highest BCUT2D eigenvalue weighted by Crippen LogP contribution is 2.17. The average Bonchev–Trinajstić information content (AvgIpc) is 3.13. The molecule has 0 fully saturated rings. The number of halogens is 1. The highest BCUT2D eigenvalue weighted by Gasteiger charge is 2.07. The summed E-state index contributed by atoms with van der Waals surface area (Å²) in [5.74, 6) is 1.79. The van der Waals surface area contributed by atoms with E-state index in [-0.39, 0.29) is 6.04 Å². The van der Waals surface area contributed by atoms with Crippen molar-refractivity contribution in [1.82, 2.24) is 5.32 Å². The summed E-state index contributed by atoms with van der Waals surface area (Å²) in [4.78, 5) is 0. The fraction of sp³-hybridized carbons (Fsp3) is 0.200. The summed E-state index contributed by atoms with van der Waals surface area (Å²) in [5.41, 5.74) is 2.25. The zero-order valence-corrected chi connectivity index (χ0v) is 14.3. The SMILES string of the molecule is CC(NCc1ccc(OCc2cccc(Cl)c2)cc1)c1ccco1. The number of ether oxygens (including phenoxy) is 1. The number of hydrogen-bond acceptors (Lipinski definition) is 3. The van der Waals surface area contributed by atoms with Gasteiger partial charge in [0.15, 0.2) is 0 Å². The Balaban J connectivity index is 1.50.